The highest BCUT2D eigenvalue weighted by molar-refractivity contribution is 7.98. The zero-order valence-electron chi connectivity index (χ0n) is 24.1. The van der Waals surface area contributed by atoms with Gasteiger partial charge in [-0.2, -0.15) is 5.11 Å². The molecule has 2 atom stereocenters. The van der Waals surface area contributed by atoms with Crippen molar-refractivity contribution in [2.75, 3.05) is 6.26 Å². The van der Waals surface area contributed by atoms with Crippen molar-refractivity contribution < 1.29 is 14.7 Å². The third-order valence-corrected chi connectivity index (χ3v) is 8.32. The number of amides is 2. The number of azo groups is 1. The second kappa shape index (κ2) is 12.8. The number of benzene rings is 3. The molecular formula is C33H39N3O3S. The Morgan fingerprint density at radius 3 is 2.27 bits per heavy atom. The molecule has 210 valence electrons. The van der Waals surface area contributed by atoms with Crippen LogP contribution in [0.1, 0.15) is 62.8 Å². The van der Waals surface area contributed by atoms with Crippen LogP contribution in [-0.4, -0.2) is 40.5 Å². The average Bonchev–Trinajstić information content (AvgIpc) is 3.28. The number of nitrogens with zero attached hydrogens (tertiary/aromatic N) is 3. The molecule has 1 heterocycles. The number of carbonyl (C=O) groups excluding carboxylic acids is 1. The number of aryl methyl sites for hydroxylation is 1. The Morgan fingerprint density at radius 2 is 1.65 bits per heavy atom. The Morgan fingerprint density at radius 1 is 1.00 bits per heavy atom. The van der Waals surface area contributed by atoms with Crippen LogP contribution in [-0.2, 0) is 29.5 Å². The molecule has 1 aliphatic rings. The first-order valence-electron chi connectivity index (χ1n) is 13.9. The second-order valence-corrected chi connectivity index (χ2v) is 12.4. The van der Waals surface area contributed by atoms with Crippen molar-refractivity contribution in [1.29, 1.82) is 0 Å². The zero-order valence-corrected chi connectivity index (χ0v) is 24.9. The summed E-state index contributed by atoms with van der Waals surface area (Å²) in [5.74, 6) is -0.825. The van der Waals surface area contributed by atoms with E-state index in [1.165, 1.54) is 16.7 Å². The van der Waals surface area contributed by atoms with E-state index in [4.69, 9.17) is 0 Å². The minimum atomic E-state index is -0.825. The summed E-state index contributed by atoms with van der Waals surface area (Å²) in [4.78, 5) is 26.7. The molecule has 0 saturated heterocycles. The van der Waals surface area contributed by atoms with Gasteiger partial charge in [-0.05, 0) is 89.8 Å². The van der Waals surface area contributed by atoms with Gasteiger partial charge in [0.2, 0.25) is 0 Å². The Balaban J connectivity index is 1.33. The fourth-order valence-corrected chi connectivity index (χ4v) is 5.82. The van der Waals surface area contributed by atoms with E-state index in [9.17, 15) is 14.7 Å². The number of thioether (sulfide) groups is 1. The molecule has 0 aromatic heterocycles. The summed E-state index contributed by atoms with van der Waals surface area (Å²) in [5, 5.41) is 17.4. The molecule has 40 heavy (non-hydrogen) atoms. The summed E-state index contributed by atoms with van der Waals surface area (Å²) < 4.78 is 0. The van der Waals surface area contributed by atoms with E-state index < -0.39 is 5.97 Å². The van der Waals surface area contributed by atoms with Gasteiger partial charge in [0.25, 0.3) is 0 Å². The maximum Gasteiger partial charge on any atom is 0.363 e. The van der Waals surface area contributed by atoms with E-state index in [0.29, 0.717) is 0 Å². The van der Waals surface area contributed by atoms with Crippen LogP contribution in [0.3, 0.4) is 0 Å². The van der Waals surface area contributed by atoms with Gasteiger partial charge in [-0.25, -0.2) is 4.79 Å². The molecule has 0 aliphatic carbocycles. The van der Waals surface area contributed by atoms with E-state index >= 15 is 0 Å². The van der Waals surface area contributed by atoms with E-state index in [-0.39, 0.29) is 30.1 Å². The molecule has 7 heteroatoms. The predicted molar refractivity (Wildman–Crippen MR) is 162 cm³/mol. The number of carboxylic acid groups (broad SMARTS) is 1. The first-order chi connectivity index (χ1) is 19.0. The van der Waals surface area contributed by atoms with Crippen molar-refractivity contribution in [1.82, 2.24) is 4.90 Å². The molecule has 1 N–H and O–H groups in total. The van der Waals surface area contributed by atoms with Crippen molar-refractivity contribution in [3.63, 3.8) is 0 Å². The highest BCUT2D eigenvalue weighted by atomic mass is 32.2. The van der Waals surface area contributed by atoms with Crippen LogP contribution < -0.4 is 0 Å². The highest BCUT2D eigenvalue weighted by Crippen LogP contribution is 2.29. The summed E-state index contributed by atoms with van der Waals surface area (Å²) in [7, 11) is 0. The van der Waals surface area contributed by atoms with Crippen LogP contribution in [0, 0.1) is 0 Å². The topological polar surface area (TPSA) is 82.3 Å². The number of carbonyl (C=O) groups is 2. The first-order valence-corrected chi connectivity index (χ1v) is 15.1. The van der Waals surface area contributed by atoms with Gasteiger partial charge in [-0.1, -0.05) is 80.5 Å². The summed E-state index contributed by atoms with van der Waals surface area (Å²) in [6.07, 6.45) is 5.06. The lowest BCUT2D eigenvalue weighted by Gasteiger charge is -2.28. The van der Waals surface area contributed by atoms with Gasteiger partial charge >= 0.3 is 12.0 Å². The monoisotopic (exact) mass is 557 g/mol. The van der Waals surface area contributed by atoms with Crippen molar-refractivity contribution in [3.05, 3.63) is 89.0 Å². The molecule has 6 nitrogen and oxygen atoms in total. The number of hydrogen-bond donors (Lipinski definition) is 1. The largest absolute Gasteiger partial charge is 0.481 e. The van der Waals surface area contributed by atoms with Crippen LogP contribution in [0.2, 0.25) is 0 Å². The Hall–Kier alpha value is -3.45. The third-order valence-electron chi connectivity index (χ3n) is 7.48. The molecule has 4 rings (SSSR count). The Kier molecular flexibility index (Phi) is 9.46. The number of hydrogen-bond acceptors (Lipinski definition) is 4. The highest BCUT2D eigenvalue weighted by Gasteiger charge is 2.33. The Labute approximate surface area is 241 Å². The number of carboxylic acids is 1. The summed E-state index contributed by atoms with van der Waals surface area (Å²) in [5.41, 5.74) is 6.75. The maximum absolute atomic E-state index is 12.6. The zero-order chi connectivity index (χ0) is 28.9. The predicted octanol–water partition coefficient (Wildman–Crippen LogP) is 8.17. The molecule has 0 fully saturated rings. The van der Waals surface area contributed by atoms with Gasteiger partial charge in [0.1, 0.15) is 6.17 Å². The quantitative estimate of drug-likeness (QED) is 0.241. The van der Waals surface area contributed by atoms with Gasteiger partial charge in [-0.3, -0.25) is 9.69 Å². The number of urea groups is 1. The van der Waals surface area contributed by atoms with Crippen LogP contribution in [0.5, 0.6) is 0 Å². The van der Waals surface area contributed by atoms with Crippen LogP contribution >= 0.6 is 11.8 Å². The normalized spacial score (nSPS) is 16.0. The molecular weight excluding hydrogens is 518 g/mol. The summed E-state index contributed by atoms with van der Waals surface area (Å²) in [6.45, 7) is 8.70. The fourth-order valence-electron chi connectivity index (χ4n) is 5.22. The van der Waals surface area contributed by atoms with Crippen LogP contribution in [0.15, 0.2) is 81.9 Å². The molecule has 3 aromatic carbocycles. The standard InChI is InChI=1S/C33H39N3O3S/c1-22(19-24-11-16-28(17-12-24)33(2,3)4)36-30(34-35-32(36)39)8-6-7-23-9-13-25(14-10-23)26-15-18-29(40-5)27(20-26)21-31(37)38/h9-18,20,22,30H,6-8,19,21H2,1-5H3,(H,37,38). The van der Waals surface area contributed by atoms with Gasteiger partial charge in [-0.15, -0.1) is 11.8 Å². The molecule has 1 aliphatic heterocycles. The van der Waals surface area contributed by atoms with Crippen LogP contribution in [0.4, 0.5) is 4.79 Å². The second-order valence-electron chi connectivity index (χ2n) is 11.6. The maximum atomic E-state index is 12.6. The van der Waals surface area contributed by atoms with E-state index in [0.717, 1.165) is 47.3 Å². The van der Waals surface area contributed by atoms with Gasteiger partial charge in [0.15, 0.2) is 0 Å². The lowest BCUT2D eigenvalue weighted by molar-refractivity contribution is -0.136. The number of rotatable bonds is 11. The van der Waals surface area contributed by atoms with E-state index in [1.807, 2.05) is 29.4 Å². The van der Waals surface area contributed by atoms with Crippen molar-refractivity contribution >= 4 is 23.8 Å². The molecule has 2 unspecified atom stereocenters. The van der Waals surface area contributed by atoms with Crippen molar-refractivity contribution in [2.24, 2.45) is 10.2 Å². The minimum absolute atomic E-state index is 0.00999. The van der Waals surface area contributed by atoms with Gasteiger partial charge in [0.05, 0.1) is 6.42 Å². The van der Waals surface area contributed by atoms with Crippen molar-refractivity contribution in [3.8, 4) is 11.1 Å². The van der Waals surface area contributed by atoms with Gasteiger partial charge < -0.3 is 5.11 Å². The molecule has 0 bridgehead atoms. The molecule has 0 spiro atoms. The molecule has 0 radical (unpaired) electrons. The van der Waals surface area contributed by atoms with Crippen LogP contribution in [0.25, 0.3) is 11.1 Å². The molecule has 0 saturated carbocycles. The minimum Gasteiger partial charge on any atom is -0.481 e. The third kappa shape index (κ3) is 7.39. The SMILES string of the molecule is CSc1ccc(-c2ccc(CCCC3N=NC(=O)N3C(C)Cc3ccc(C(C)(C)C)cc3)cc2)cc1CC(=O)O. The van der Waals surface area contributed by atoms with Gasteiger partial charge in [0, 0.05) is 10.9 Å². The number of aliphatic carboxylic acids is 1. The lowest BCUT2D eigenvalue weighted by Crippen LogP contribution is -2.41. The average molecular weight is 558 g/mol. The van der Waals surface area contributed by atoms with E-state index in [1.54, 1.807) is 11.8 Å². The lowest BCUT2D eigenvalue weighted by atomic mass is 9.86. The molecule has 2 amide bonds. The Bertz CT molecular complexity index is 1360. The summed E-state index contributed by atoms with van der Waals surface area (Å²) in [6, 6.07) is 22.9. The van der Waals surface area contributed by atoms with Crippen molar-refractivity contribution in [2.45, 2.75) is 82.3 Å². The fraction of sp³-hybridized carbons (Fsp3) is 0.394. The first kappa shape index (κ1) is 29.5. The smallest absolute Gasteiger partial charge is 0.363 e. The van der Waals surface area contributed by atoms with E-state index in [2.05, 4.69) is 86.5 Å². The summed E-state index contributed by atoms with van der Waals surface area (Å²) >= 11 is 1.56. The molecule has 3 aromatic rings.